The molecular weight excluding hydrogens is 250 g/mol. The van der Waals surface area contributed by atoms with Crippen molar-refractivity contribution in [3.05, 3.63) is 66.0 Å². The van der Waals surface area contributed by atoms with Crippen LogP contribution in [-0.2, 0) is 0 Å². The monoisotopic (exact) mass is 261 g/mol. The highest BCUT2D eigenvalue weighted by Crippen LogP contribution is 2.29. The fourth-order valence-electron chi connectivity index (χ4n) is 2.43. The Balaban J connectivity index is 1.99. The molecule has 90 valence electrons. The molecule has 19 heavy (non-hydrogen) atoms. The molecule has 0 saturated carbocycles. The summed E-state index contributed by atoms with van der Waals surface area (Å²) in [5, 5.41) is 4.67. The predicted octanol–water partition coefficient (Wildman–Crippen LogP) is 5.12. The van der Waals surface area contributed by atoms with E-state index in [-0.39, 0.29) is 0 Å². The lowest BCUT2D eigenvalue weighted by atomic mass is 10.1. The zero-order chi connectivity index (χ0) is 12.7. The van der Waals surface area contributed by atoms with Gasteiger partial charge in [0.2, 0.25) is 0 Å². The van der Waals surface area contributed by atoms with Crippen LogP contribution in [-0.4, -0.2) is 4.98 Å². The van der Waals surface area contributed by atoms with Crippen LogP contribution in [0.25, 0.3) is 32.2 Å². The van der Waals surface area contributed by atoms with Crippen LogP contribution in [0.5, 0.6) is 0 Å². The first kappa shape index (κ1) is 10.7. The maximum Gasteiger partial charge on any atom is 0.0716 e. The van der Waals surface area contributed by atoms with E-state index in [1.807, 2.05) is 18.2 Å². The second-order valence-corrected chi connectivity index (χ2v) is 5.47. The van der Waals surface area contributed by atoms with E-state index in [0.717, 1.165) is 16.8 Å². The molecule has 0 aliphatic carbocycles. The molecule has 0 atom stereocenters. The van der Waals surface area contributed by atoms with Gasteiger partial charge in [-0.25, -0.2) is 4.98 Å². The van der Waals surface area contributed by atoms with E-state index in [0.29, 0.717) is 0 Å². The minimum atomic E-state index is 1.03. The van der Waals surface area contributed by atoms with Crippen molar-refractivity contribution in [1.82, 2.24) is 4.98 Å². The second-order valence-electron chi connectivity index (χ2n) is 4.53. The first-order chi connectivity index (χ1) is 9.42. The Kier molecular flexibility index (Phi) is 2.35. The first-order valence-corrected chi connectivity index (χ1v) is 7.12. The molecule has 0 fully saturated rings. The molecule has 0 aliphatic heterocycles. The first-order valence-electron chi connectivity index (χ1n) is 6.24. The molecule has 2 heteroatoms. The molecule has 0 aliphatic rings. The number of aromatic nitrogens is 1. The minimum absolute atomic E-state index is 1.03. The van der Waals surface area contributed by atoms with Crippen molar-refractivity contribution in [2.75, 3.05) is 0 Å². The quantitative estimate of drug-likeness (QED) is 0.463. The number of fused-ring (bicyclic) bond motifs is 3. The summed E-state index contributed by atoms with van der Waals surface area (Å²) >= 11 is 1.77. The van der Waals surface area contributed by atoms with Crippen LogP contribution in [0.1, 0.15) is 0 Å². The van der Waals surface area contributed by atoms with Crippen molar-refractivity contribution in [2.24, 2.45) is 0 Å². The van der Waals surface area contributed by atoms with Crippen LogP contribution in [0.4, 0.5) is 0 Å². The van der Waals surface area contributed by atoms with Crippen LogP contribution >= 0.6 is 11.3 Å². The fraction of sp³-hybridized carbons (Fsp3) is 0. The molecule has 0 N–H and O–H groups in total. The zero-order valence-corrected chi connectivity index (χ0v) is 11.0. The summed E-state index contributed by atoms with van der Waals surface area (Å²) in [6.07, 6.45) is 0. The molecule has 0 unspecified atom stereocenters. The lowest BCUT2D eigenvalue weighted by Crippen LogP contribution is -1.85. The number of thiophene rings is 1. The number of rotatable bonds is 1. The van der Waals surface area contributed by atoms with Gasteiger partial charge in [-0.15, -0.1) is 11.3 Å². The maximum atomic E-state index is 4.78. The molecule has 4 aromatic rings. The molecule has 0 spiro atoms. The van der Waals surface area contributed by atoms with Gasteiger partial charge in [-0.05, 0) is 35.7 Å². The van der Waals surface area contributed by atoms with Crippen molar-refractivity contribution in [3.63, 3.8) is 0 Å². The van der Waals surface area contributed by atoms with Gasteiger partial charge in [-0.2, -0.15) is 0 Å². The number of nitrogens with zero attached hydrogens (tertiary/aromatic N) is 1. The molecule has 0 saturated heterocycles. The largest absolute Gasteiger partial charge is 0.248 e. The Morgan fingerprint density at radius 2 is 1.63 bits per heavy atom. The van der Waals surface area contributed by atoms with Crippen LogP contribution in [0.15, 0.2) is 66.0 Å². The maximum absolute atomic E-state index is 4.78. The summed E-state index contributed by atoms with van der Waals surface area (Å²) < 4.78 is 1.32. The standard InChI is InChI=1S/C17H11NS/c1-2-4-12(5-3-1)15-7-6-13-14-10-11-19-17(14)9-8-16(13)18-15/h1-11H. The normalized spacial score (nSPS) is 11.2. The third-order valence-corrected chi connectivity index (χ3v) is 4.25. The van der Waals surface area contributed by atoms with Gasteiger partial charge < -0.3 is 0 Å². The van der Waals surface area contributed by atoms with E-state index in [1.165, 1.54) is 15.5 Å². The highest BCUT2D eigenvalue weighted by atomic mass is 32.1. The minimum Gasteiger partial charge on any atom is -0.248 e. The SMILES string of the molecule is c1ccc(-c2ccc3c(ccc4sccc43)n2)cc1. The third-order valence-electron chi connectivity index (χ3n) is 3.37. The third kappa shape index (κ3) is 1.72. The van der Waals surface area contributed by atoms with Gasteiger partial charge in [0.25, 0.3) is 0 Å². The molecule has 1 nitrogen and oxygen atoms in total. The number of benzene rings is 2. The molecule has 2 aromatic heterocycles. The summed E-state index contributed by atoms with van der Waals surface area (Å²) in [4.78, 5) is 4.78. The lowest BCUT2D eigenvalue weighted by Gasteiger charge is -2.04. The van der Waals surface area contributed by atoms with Crippen molar-refractivity contribution in [2.45, 2.75) is 0 Å². The van der Waals surface area contributed by atoms with E-state index < -0.39 is 0 Å². The Morgan fingerprint density at radius 3 is 2.53 bits per heavy atom. The summed E-state index contributed by atoms with van der Waals surface area (Å²) in [5.74, 6) is 0. The van der Waals surface area contributed by atoms with Gasteiger partial charge in [0.05, 0.1) is 11.2 Å². The molecule has 0 radical (unpaired) electrons. The topological polar surface area (TPSA) is 12.9 Å². The van der Waals surface area contributed by atoms with E-state index in [2.05, 4.69) is 47.8 Å². The lowest BCUT2D eigenvalue weighted by molar-refractivity contribution is 1.40. The van der Waals surface area contributed by atoms with Crippen LogP contribution in [0, 0.1) is 0 Å². The van der Waals surface area contributed by atoms with Gasteiger partial charge >= 0.3 is 0 Å². The van der Waals surface area contributed by atoms with Gasteiger partial charge in [-0.3, -0.25) is 0 Å². The Bertz CT molecular complexity index is 862. The second kappa shape index (κ2) is 4.18. The summed E-state index contributed by atoms with van der Waals surface area (Å²) in [5.41, 5.74) is 3.25. The van der Waals surface area contributed by atoms with Gasteiger partial charge in [0, 0.05) is 21.0 Å². The van der Waals surface area contributed by atoms with Crippen molar-refractivity contribution in [3.8, 4) is 11.3 Å². The Morgan fingerprint density at radius 1 is 0.737 bits per heavy atom. The number of hydrogen-bond acceptors (Lipinski definition) is 2. The highest BCUT2D eigenvalue weighted by molar-refractivity contribution is 7.17. The molecule has 2 aromatic carbocycles. The molecular formula is C17H11NS. The average Bonchev–Trinajstić information content (AvgIpc) is 2.96. The molecule has 4 rings (SSSR count). The number of hydrogen-bond donors (Lipinski definition) is 0. The van der Waals surface area contributed by atoms with E-state index in [4.69, 9.17) is 4.98 Å². The number of pyridine rings is 1. The van der Waals surface area contributed by atoms with Crippen molar-refractivity contribution < 1.29 is 0 Å². The Hall–Kier alpha value is -2.19. The van der Waals surface area contributed by atoms with Gasteiger partial charge in [0.1, 0.15) is 0 Å². The average molecular weight is 261 g/mol. The fourth-order valence-corrected chi connectivity index (χ4v) is 3.23. The van der Waals surface area contributed by atoms with Crippen molar-refractivity contribution in [1.29, 1.82) is 0 Å². The zero-order valence-electron chi connectivity index (χ0n) is 10.2. The van der Waals surface area contributed by atoms with Crippen LogP contribution in [0.3, 0.4) is 0 Å². The van der Waals surface area contributed by atoms with Crippen LogP contribution < -0.4 is 0 Å². The highest BCUT2D eigenvalue weighted by Gasteiger charge is 2.04. The van der Waals surface area contributed by atoms with Gasteiger partial charge in [-0.1, -0.05) is 30.3 Å². The molecule has 0 amide bonds. The van der Waals surface area contributed by atoms with Crippen LogP contribution in [0.2, 0.25) is 0 Å². The smallest absolute Gasteiger partial charge is 0.0716 e. The summed E-state index contributed by atoms with van der Waals surface area (Å²) in [7, 11) is 0. The Labute approximate surface area is 115 Å². The van der Waals surface area contributed by atoms with Crippen molar-refractivity contribution >= 4 is 32.3 Å². The van der Waals surface area contributed by atoms with E-state index in [1.54, 1.807) is 11.3 Å². The summed E-state index contributed by atoms with van der Waals surface area (Å²) in [6.45, 7) is 0. The van der Waals surface area contributed by atoms with E-state index >= 15 is 0 Å². The molecule has 2 heterocycles. The van der Waals surface area contributed by atoms with E-state index in [9.17, 15) is 0 Å². The van der Waals surface area contributed by atoms with Gasteiger partial charge in [0.15, 0.2) is 0 Å². The molecule has 0 bridgehead atoms. The predicted molar refractivity (Wildman–Crippen MR) is 82.6 cm³/mol. The summed E-state index contributed by atoms with van der Waals surface area (Å²) in [6, 6.07) is 21.0.